The molecule has 6 nitrogen and oxygen atoms in total. The lowest BCUT2D eigenvalue weighted by atomic mass is 10.2. The van der Waals surface area contributed by atoms with E-state index >= 15 is 0 Å². The minimum Gasteiger partial charge on any atom is -0.345 e. The summed E-state index contributed by atoms with van der Waals surface area (Å²) in [7, 11) is -1.82. The molecule has 0 bridgehead atoms. The number of sulfonamides is 1. The predicted octanol–water partition coefficient (Wildman–Crippen LogP) is 3.34. The fourth-order valence-corrected chi connectivity index (χ4v) is 6.40. The minimum absolute atomic E-state index is 0.155. The highest BCUT2D eigenvalue weighted by Gasteiger charge is 2.30. The van der Waals surface area contributed by atoms with Crippen LogP contribution >= 0.6 is 11.8 Å². The molecule has 0 unspecified atom stereocenters. The highest BCUT2D eigenvalue weighted by Crippen LogP contribution is 2.34. The third-order valence-electron chi connectivity index (χ3n) is 5.34. The molecule has 0 atom stereocenters. The molecule has 2 aliphatic rings. The molecule has 150 valence electrons. The van der Waals surface area contributed by atoms with Crippen LogP contribution in [0.1, 0.15) is 36.2 Å². The van der Waals surface area contributed by atoms with E-state index in [0.717, 1.165) is 42.0 Å². The summed E-state index contributed by atoms with van der Waals surface area (Å²) in [5, 5.41) is 0. The molecule has 2 aliphatic heterocycles. The van der Waals surface area contributed by atoms with Gasteiger partial charge in [0, 0.05) is 37.8 Å². The van der Waals surface area contributed by atoms with Crippen LogP contribution in [0, 0.1) is 0 Å². The number of carbonyl (C=O) groups excluding carboxylic acids is 1. The smallest absolute Gasteiger partial charge is 0.274 e. The Bertz CT molecular complexity index is 978. The van der Waals surface area contributed by atoms with Crippen LogP contribution < -0.4 is 4.90 Å². The Labute approximate surface area is 170 Å². The quantitative estimate of drug-likeness (QED) is 0.766. The Hall–Kier alpha value is -1.77. The maximum atomic E-state index is 13.3. The van der Waals surface area contributed by atoms with Crippen LogP contribution in [0.4, 0.5) is 5.69 Å². The van der Waals surface area contributed by atoms with Crippen molar-refractivity contribution >= 4 is 33.4 Å². The summed E-state index contributed by atoms with van der Waals surface area (Å²) >= 11 is 1.76. The van der Waals surface area contributed by atoms with E-state index < -0.39 is 10.0 Å². The second-order valence-electron chi connectivity index (χ2n) is 7.26. The van der Waals surface area contributed by atoms with E-state index in [1.807, 2.05) is 24.3 Å². The van der Waals surface area contributed by atoms with E-state index in [1.165, 1.54) is 10.4 Å². The number of benzene rings is 1. The lowest BCUT2D eigenvalue weighted by Gasteiger charge is -2.25. The minimum atomic E-state index is -3.56. The van der Waals surface area contributed by atoms with Crippen LogP contribution in [0.2, 0.25) is 0 Å². The number of hydrogen-bond donors (Lipinski definition) is 0. The molecule has 3 heterocycles. The molecule has 1 fully saturated rings. The zero-order valence-corrected chi connectivity index (χ0v) is 17.6. The number of aryl methyl sites for hydroxylation is 1. The van der Waals surface area contributed by atoms with Crippen molar-refractivity contribution in [1.29, 1.82) is 0 Å². The van der Waals surface area contributed by atoms with Gasteiger partial charge in [0.05, 0.1) is 5.69 Å². The first-order valence-corrected chi connectivity index (χ1v) is 12.1. The highest BCUT2D eigenvalue weighted by molar-refractivity contribution is 7.99. The summed E-state index contributed by atoms with van der Waals surface area (Å²) in [5.41, 5.74) is 1.30. The fourth-order valence-electron chi connectivity index (χ4n) is 3.82. The largest absolute Gasteiger partial charge is 0.345 e. The number of hydrogen-bond acceptors (Lipinski definition) is 4. The molecule has 4 rings (SSSR count). The highest BCUT2D eigenvalue weighted by atomic mass is 32.2. The standard InChI is InChI=1S/C20H25N3O3S2/c1-21-15-16(28(25,26)22-10-5-2-6-11-22)14-18(21)20(24)23-12-7-13-27-19-9-4-3-8-17(19)23/h3-4,8-9,14-15H,2,5-7,10-13H2,1H3. The molecule has 8 heteroatoms. The summed E-state index contributed by atoms with van der Waals surface area (Å²) in [4.78, 5) is 16.4. The number of fused-ring (bicyclic) bond motifs is 1. The van der Waals surface area contributed by atoms with Crippen LogP contribution in [0.5, 0.6) is 0 Å². The van der Waals surface area contributed by atoms with Gasteiger partial charge in [-0.15, -0.1) is 11.8 Å². The van der Waals surface area contributed by atoms with Crippen molar-refractivity contribution in [1.82, 2.24) is 8.87 Å². The second kappa shape index (κ2) is 7.93. The molecule has 1 aromatic heterocycles. The molecule has 0 N–H and O–H groups in total. The molecule has 0 radical (unpaired) electrons. The molecule has 0 spiro atoms. The van der Waals surface area contributed by atoms with Crippen molar-refractivity contribution in [3.8, 4) is 0 Å². The number of thioether (sulfide) groups is 1. The van der Waals surface area contributed by atoms with Crippen LogP contribution in [-0.4, -0.2) is 48.6 Å². The lowest BCUT2D eigenvalue weighted by Crippen LogP contribution is -2.35. The van der Waals surface area contributed by atoms with Crippen molar-refractivity contribution in [2.24, 2.45) is 7.05 Å². The predicted molar refractivity (Wildman–Crippen MR) is 111 cm³/mol. The lowest BCUT2D eigenvalue weighted by molar-refractivity contribution is 0.0979. The number of piperidine rings is 1. The Balaban J connectivity index is 1.66. The Kier molecular flexibility index (Phi) is 5.53. The third kappa shape index (κ3) is 3.60. The van der Waals surface area contributed by atoms with Crippen LogP contribution in [-0.2, 0) is 17.1 Å². The van der Waals surface area contributed by atoms with E-state index in [4.69, 9.17) is 0 Å². The van der Waals surface area contributed by atoms with Gasteiger partial charge in [0.15, 0.2) is 0 Å². The van der Waals surface area contributed by atoms with Gasteiger partial charge in [-0.1, -0.05) is 18.6 Å². The van der Waals surface area contributed by atoms with E-state index in [0.29, 0.717) is 25.3 Å². The van der Waals surface area contributed by atoms with Gasteiger partial charge in [-0.25, -0.2) is 8.42 Å². The molecular weight excluding hydrogens is 394 g/mol. The van der Waals surface area contributed by atoms with E-state index in [-0.39, 0.29) is 10.8 Å². The van der Waals surface area contributed by atoms with Gasteiger partial charge in [-0.05, 0) is 43.2 Å². The Morgan fingerprint density at radius 3 is 2.57 bits per heavy atom. The van der Waals surface area contributed by atoms with Crippen LogP contribution in [0.25, 0.3) is 0 Å². The van der Waals surface area contributed by atoms with Gasteiger partial charge in [-0.2, -0.15) is 4.31 Å². The zero-order chi connectivity index (χ0) is 19.7. The monoisotopic (exact) mass is 419 g/mol. The summed E-state index contributed by atoms with van der Waals surface area (Å²) < 4.78 is 29.2. The average Bonchev–Trinajstić information content (AvgIpc) is 2.98. The first kappa shape index (κ1) is 19.5. The van der Waals surface area contributed by atoms with Gasteiger partial charge >= 0.3 is 0 Å². The molecule has 0 aliphatic carbocycles. The van der Waals surface area contributed by atoms with Crippen molar-refractivity contribution in [2.45, 2.75) is 35.5 Å². The van der Waals surface area contributed by atoms with Gasteiger partial charge in [0.2, 0.25) is 10.0 Å². The van der Waals surface area contributed by atoms with Crippen molar-refractivity contribution in [2.75, 3.05) is 30.3 Å². The van der Waals surface area contributed by atoms with Gasteiger partial charge < -0.3 is 9.47 Å². The summed E-state index contributed by atoms with van der Waals surface area (Å²) in [6.45, 7) is 1.73. The maximum absolute atomic E-state index is 13.3. The normalized spacial score (nSPS) is 18.5. The number of para-hydroxylation sites is 1. The number of amides is 1. The van der Waals surface area contributed by atoms with Crippen molar-refractivity contribution in [3.63, 3.8) is 0 Å². The van der Waals surface area contributed by atoms with E-state index in [2.05, 4.69) is 0 Å². The SMILES string of the molecule is Cn1cc(S(=O)(=O)N2CCCCC2)cc1C(=O)N1CCCSc2ccccc21. The molecule has 28 heavy (non-hydrogen) atoms. The van der Waals surface area contributed by atoms with Crippen molar-refractivity contribution in [3.05, 3.63) is 42.2 Å². The number of aromatic nitrogens is 1. The topological polar surface area (TPSA) is 62.6 Å². The van der Waals surface area contributed by atoms with E-state index in [1.54, 1.807) is 34.5 Å². The average molecular weight is 420 g/mol. The van der Waals surface area contributed by atoms with Gasteiger partial charge in [-0.3, -0.25) is 4.79 Å². The molecule has 2 aromatic rings. The van der Waals surface area contributed by atoms with Crippen LogP contribution in [0.15, 0.2) is 46.3 Å². The molecule has 1 aromatic carbocycles. The summed E-state index contributed by atoms with van der Waals surface area (Å²) in [5.74, 6) is 0.806. The third-order valence-corrected chi connectivity index (χ3v) is 8.35. The molecule has 1 saturated heterocycles. The first-order chi connectivity index (χ1) is 13.5. The number of carbonyl (C=O) groups is 1. The number of rotatable bonds is 3. The Morgan fingerprint density at radius 1 is 1.04 bits per heavy atom. The Morgan fingerprint density at radius 2 is 1.79 bits per heavy atom. The summed E-state index contributed by atoms with van der Waals surface area (Å²) in [6.07, 6.45) is 5.31. The van der Waals surface area contributed by atoms with Crippen LogP contribution in [0.3, 0.4) is 0 Å². The van der Waals surface area contributed by atoms with E-state index in [9.17, 15) is 13.2 Å². The van der Waals surface area contributed by atoms with Gasteiger partial charge in [0.1, 0.15) is 10.6 Å². The molecule has 1 amide bonds. The van der Waals surface area contributed by atoms with Gasteiger partial charge in [0.25, 0.3) is 5.91 Å². The first-order valence-electron chi connectivity index (χ1n) is 9.69. The van der Waals surface area contributed by atoms with Crippen molar-refractivity contribution < 1.29 is 13.2 Å². The number of nitrogens with zero attached hydrogens (tertiary/aromatic N) is 3. The maximum Gasteiger partial charge on any atom is 0.274 e. The summed E-state index contributed by atoms with van der Waals surface area (Å²) in [6, 6.07) is 9.43. The molecular formula is C20H25N3O3S2. The fraction of sp³-hybridized carbons (Fsp3) is 0.450. The second-order valence-corrected chi connectivity index (χ2v) is 10.3. The number of anilines is 1. The molecule has 0 saturated carbocycles. The zero-order valence-electron chi connectivity index (χ0n) is 16.0.